The van der Waals surface area contributed by atoms with Gasteiger partial charge < -0.3 is 10.1 Å². The minimum absolute atomic E-state index is 0.589. The van der Waals surface area contributed by atoms with E-state index in [9.17, 15) is 5.11 Å². The van der Waals surface area contributed by atoms with Gasteiger partial charge in [-0.3, -0.25) is 0 Å². The zero-order valence-corrected chi connectivity index (χ0v) is 11.4. The second kappa shape index (κ2) is 5.35. The van der Waals surface area contributed by atoms with Crippen LogP contribution in [-0.4, -0.2) is 10.1 Å². The molecule has 2 heteroatoms. The van der Waals surface area contributed by atoms with Gasteiger partial charge in [-0.2, -0.15) is 0 Å². The summed E-state index contributed by atoms with van der Waals surface area (Å²) in [6.07, 6.45) is 5.48. The predicted octanol–water partition coefficient (Wildman–Crippen LogP) is 4.28. The van der Waals surface area contributed by atoms with E-state index in [1.165, 1.54) is 0 Å². The van der Waals surface area contributed by atoms with Gasteiger partial charge in [0.25, 0.3) is 0 Å². The summed E-state index contributed by atoms with van der Waals surface area (Å²) in [5.41, 5.74) is 4.05. The Hall–Kier alpha value is -2.32. The van der Waals surface area contributed by atoms with Crippen LogP contribution in [0, 0.1) is 0 Å². The molecule has 0 saturated carbocycles. The number of allylic oxidation sites excluding steroid dienone is 1. The van der Waals surface area contributed by atoms with Crippen LogP contribution in [0.5, 0.6) is 0 Å². The second-order valence-electron chi connectivity index (χ2n) is 4.86. The highest BCUT2D eigenvalue weighted by Gasteiger charge is 2.11. The number of aromatic nitrogens is 1. The average molecular weight is 263 g/mol. The van der Waals surface area contributed by atoms with Gasteiger partial charge in [0.05, 0.1) is 0 Å². The van der Waals surface area contributed by atoms with Gasteiger partial charge >= 0.3 is 0 Å². The van der Waals surface area contributed by atoms with Crippen molar-refractivity contribution >= 4 is 17.0 Å². The topological polar surface area (TPSA) is 36.0 Å². The fourth-order valence-corrected chi connectivity index (χ4v) is 2.48. The van der Waals surface area contributed by atoms with Gasteiger partial charge in [0.1, 0.15) is 6.10 Å². The van der Waals surface area contributed by atoms with Gasteiger partial charge in [0, 0.05) is 17.1 Å². The molecule has 20 heavy (non-hydrogen) atoms. The van der Waals surface area contributed by atoms with E-state index in [4.69, 9.17) is 0 Å². The molecule has 2 N–H and O–H groups in total. The molecule has 100 valence electrons. The number of H-pyrrole nitrogens is 1. The van der Waals surface area contributed by atoms with Crippen molar-refractivity contribution in [2.75, 3.05) is 0 Å². The maximum atomic E-state index is 10.5. The Kier molecular flexibility index (Phi) is 3.40. The van der Waals surface area contributed by atoms with Crippen LogP contribution in [0.2, 0.25) is 0 Å². The first kappa shape index (κ1) is 12.7. The minimum Gasteiger partial charge on any atom is -0.384 e. The standard InChI is InChI=1S/C18H17NO/c1-2-6-15-12-19-17-10-9-14(11-16(15)17)18(20)13-7-4-3-5-8-13/h2-12,18-20H,1H3. The molecule has 2 aromatic carbocycles. The van der Waals surface area contributed by atoms with E-state index in [1.54, 1.807) is 0 Å². The van der Waals surface area contributed by atoms with Crippen molar-refractivity contribution in [1.82, 2.24) is 4.98 Å². The SMILES string of the molecule is CC=Cc1c[nH]c2ccc(C(O)c3ccccc3)cc12. The Morgan fingerprint density at radius 3 is 2.60 bits per heavy atom. The van der Waals surface area contributed by atoms with Crippen LogP contribution in [0.1, 0.15) is 29.7 Å². The Balaban J connectivity index is 2.06. The van der Waals surface area contributed by atoms with Gasteiger partial charge in [-0.25, -0.2) is 0 Å². The van der Waals surface area contributed by atoms with Crippen LogP contribution in [0.3, 0.4) is 0 Å². The molecule has 3 aromatic rings. The Morgan fingerprint density at radius 1 is 1.05 bits per heavy atom. The number of aromatic amines is 1. The first-order valence-electron chi connectivity index (χ1n) is 6.76. The van der Waals surface area contributed by atoms with Gasteiger partial charge in [0.2, 0.25) is 0 Å². The minimum atomic E-state index is -0.589. The molecular formula is C18H17NO. The fourth-order valence-electron chi connectivity index (χ4n) is 2.48. The normalized spacial score (nSPS) is 13.1. The fraction of sp³-hybridized carbons (Fsp3) is 0.111. The highest BCUT2D eigenvalue weighted by Crippen LogP contribution is 2.27. The van der Waals surface area contributed by atoms with Gasteiger partial charge in [-0.1, -0.05) is 48.6 Å². The molecule has 1 unspecified atom stereocenters. The molecule has 0 amide bonds. The first-order chi connectivity index (χ1) is 9.79. The molecule has 0 saturated heterocycles. The molecule has 2 nitrogen and oxygen atoms in total. The number of fused-ring (bicyclic) bond motifs is 1. The lowest BCUT2D eigenvalue weighted by Gasteiger charge is -2.11. The lowest BCUT2D eigenvalue weighted by molar-refractivity contribution is 0.220. The molecule has 0 aliphatic heterocycles. The predicted molar refractivity (Wildman–Crippen MR) is 83.5 cm³/mol. The molecule has 0 aliphatic carbocycles. The second-order valence-corrected chi connectivity index (χ2v) is 4.86. The molecule has 0 bridgehead atoms. The highest BCUT2D eigenvalue weighted by atomic mass is 16.3. The summed E-state index contributed by atoms with van der Waals surface area (Å²) in [6, 6.07) is 15.8. The number of rotatable bonds is 3. The Bertz CT molecular complexity index is 740. The van der Waals surface area contributed by atoms with Crippen LogP contribution in [-0.2, 0) is 0 Å². The van der Waals surface area contributed by atoms with Crippen LogP contribution < -0.4 is 0 Å². The van der Waals surface area contributed by atoms with E-state index in [0.29, 0.717) is 0 Å². The van der Waals surface area contributed by atoms with Crippen molar-refractivity contribution in [1.29, 1.82) is 0 Å². The molecular weight excluding hydrogens is 246 g/mol. The Morgan fingerprint density at radius 2 is 1.85 bits per heavy atom. The lowest BCUT2D eigenvalue weighted by atomic mass is 9.99. The number of benzene rings is 2. The van der Waals surface area contributed by atoms with E-state index in [1.807, 2.05) is 61.7 Å². The first-order valence-corrected chi connectivity index (χ1v) is 6.76. The molecule has 3 rings (SSSR count). The monoisotopic (exact) mass is 263 g/mol. The quantitative estimate of drug-likeness (QED) is 0.727. The van der Waals surface area contributed by atoms with Crippen molar-refractivity contribution in [2.45, 2.75) is 13.0 Å². The molecule has 0 fully saturated rings. The van der Waals surface area contributed by atoms with E-state index in [-0.39, 0.29) is 0 Å². The maximum Gasteiger partial charge on any atom is 0.104 e. The average Bonchev–Trinajstić information content (AvgIpc) is 2.90. The van der Waals surface area contributed by atoms with Crippen LogP contribution in [0.4, 0.5) is 0 Å². The van der Waals surface area contributed by atoms with Crippen molar-refractivity contribution < 1.29 is 5.11 Å². The van der Waals surface area contributed by atoms with Crippen molar-refractivity contribution in [3.05, 3.63) is 77.5 Å². The van der Waals surface area contributed by atoms with E-state index in [0.717, 1.165) is 27.6 Å². The van der Waals surface area contributed by atoms with Crippen molar-refractivity contribution in [3.8, 4) is 0 Å². The third kappa shape index (κ3) is 2.26. The van der Waals surface area contributed by atoms with Crippen LogP contribution in [0.25, 0.3) is 17.0 Å². The summed E-state index contributed by atoms with van der Waals surface area (Å²) in [7, 11) is 0. The van der Waals surface area contributed by atoms with Crippen LogP contribution in [0.15, 0.2) is 60.8 Å². The highest BCUT2D eigenvalue weighted by molar-refractivity contribution is 5.89. The molecule has 0 radical (unpaired) electrons. The van der Waals surface area contributed by atoms with Gasteiger partial charge in [0.15, 0.2) is 0 Å². The van der Waals surface area contributed by atoms with E-state index >= 15 is 0 Å². The third-order valence-electron chi connectivity index (χ3n) is 3.52. The third-order valence-corrected chi connectivity index (χ3v) is 3.52. The molecule has 0 spiro atoms. The molecule has 1 heterocycles. The van der Waals surface area contributed by atoms with E-state index in [2.05, 4.69) is 17.1 Å². The summed E-state index contributed by atoms with van der Waals surface area (Å²) in [5, 5.41) is 11.6. The van der Waals surface area contributed by atoms with Crippen molar-refractivity contribution in [3.63, 3.8) is 0 Å². The largest absolute Gasteiger partial charge is 0.384 e. The number of nitrogens with one attached hydrogen (secondary N) is 1. The Labute approximate surface area is 118 Å². The summed E-state index contributed by atoms with van der Waals surface area (Å²) < 4.78 is 0. The molecule has 1 aromatic heterocycles. The van der Waals surface area contributed by atoms with Crippen LogP contribution >= 0.6 is 0 Å². The van der Waals surface area contributed by atoms with Gasteiger partial charge in [-0.05, 0) is 35.7 Å². The zero-order valence-electron chi connectivity index (χ0n) is 11.4. The summed E-state index contributed by atoms with van der Waals surface area (Å²) in [4.78, 5) is 3.25. The summed E-state index contributed by atoms with van der Waals surface area (Å²) in [6.45, 7) is 2.00. The smallest absolute Gasteiger partial charge is 0.104 e. The molecule has 1 atom stereocenters. The van der Waals surface area contributed by atoms with Crippen molar-refractivity contribution in [2.24, 2.45) is 0 Å². The summed E-state index contributed by atoms with van der Waals surface area (Å²) >= 11 is 0. The molecule has 0 aliphatic rings. The number of aliphatic hydroxyl groups is 1. The maximum absolute atomic E-state index is 10.5. The van der Waals surface area contributed by atoms with Gasteiger partial charge in [-0.15, -0.1) is 0 Å². The lowest BCUT2D eigenvalue weighted by Crippen LogP contribution is -1.98. The number of aliphatic hydroxyl groups excluding tert-OH is 1. The number of hydrogen-bond donors (Lipinski definition) is 2. The summed E-state index contributed by atoms with van der Waals surface area (Å²) in [5.74, 6) is 0. The van der Waals surface area contributed by atoms with E-state index < -0.39 is 6.10 Å². The zero-order chi connectivity index (χ0) is 13.9. The number of hydrogen-bond acceptors (Lipinski definition) is 1.